The minimum atomic E-state index is -0.925. The molecule has 18 heavy (non-hydrogen) atoms. The van der Waals surface area contributed by atoms with E-state index in [1.807, 2.05) is 12.1 Å². The second-order valence-electron chi connectivity index (χ2n) is 4.07. The number of hydrogen-bond acceptors (Lipinski definition) is 2. The second-order valence-corrected chi connectivity index (χ2v) is 4.98. The Labute approximate surface area is 113 Å². The second kappa shape index (κ2) is 5.39. The molecular formula is C12H13BrN2O3. The van der Waals surface area contributed by atoms with Gasteiger partial charge in [-0.2, -0.15) is 0 Å². The van der Waals surface area contributed by atoms with E-state index in [0.717, 1.165) is 4.47 Å². The monoisotopic (exact) mass is 312 g/mol. The van der Waals surface area contributed by atoms with Gasteiger partial charge in [0.25, 0.3) is 5.91 Å². The van der Waals surface area contributed by atoms with Crippen LogP contribution in [0.4, 0.5) is 4.79 Å². The Kier molecular flexibility index (Phi) is 3.86. The van der Waals surface area contributed by atoms with E-state index < -0.39 is 6.09 Å². The molecule has 0 atom stereocenters. The third-order valence-electron chi connectivity index (χ3n) is 2.93. The fourth-order valence-corrected chi connectivity index (χ4v) is 2.14. The van der Waals surface area contributed by atoms with Gasteiger partial charge in [0.05, 0.1) is 0 Å². The molecule has 2 amide bonds. The zero-order valence-corrected chi connectivity index (χ0v) is 11.3. The van der Waals surface area contributed by atoms with Crippen LogP contribution in [0.25, 0.3) is 0 Å². The van der Waals surface area contributed by atoms with Crippen molar-refractivity contribution in [2.24, 2.45) is 0 Å². The average Bonchev–Trinajstić information content (AvgIpc) is 2.39. The SMILES string of the molecule is O=C(O)N1CCN(C(=O)c2ccc(Br)cc2)CC1. The summed E-state index contributed by atoms with van der Waals surface area (Å²) in [6.45, 7) is 1.64. The topological polar surface area (TPSA) is 60.9 Å². The third kappa shape index (κ3) is 2.81. The first kappa shape index (κ1) is 12.9. The minimum absolute atomic E-state index is 0.0486. The zero-order chi connectivity index (χ0) is 13.1. The fraction of sp³-hybridized carbons (Fsp3) is 0.333. The van der Waals surface area contributed by atoms with Crippen LogP contribution in [-0.4, -0.2) is 53.1 Å². The molecular weight excluding hydrogens is 300 g/mol. The molecule has 5 nitrogen and oxygen atoms in total. The lowest BCUT2D eigenvalue weighted by atomic mass is 10.2. The molecule has 0 saturated carbocycles. The maximum absolute atomic E-state index is 12.1. The van der Waals surface area contributed by atoms with Crippen molar-refractivity contribution in [2.75, 3.05) is 26.2 Å². The van der Waals surface area contributed by atoms with Gasteiger partial charge in [-0.25, -0.2) is 4.79 Å². The first-order valence-electron chi connectivity index (χ1n) is 5.60. The van der Waals surface area contributed by atoms with Crippen molar-refractivity contribution in [3.63, 3.8) is 0 Å². The summed E-state index contributed by atoms with van der Waals surface area (Å²) in [5.74, 6) is -0.0486. The maximum atomic E-state index is 12.1. The van der Waals surface area contributed by atoms with Crippen LogP contribution >= 0.6 is 15.9 Å². The number of nitrogens with zero attached hydrogens (tertiary/aromatic N) is 2. The van der Waals surface area contributed by atoms with Crippen molar-refractivity contribution in [3.05, 3.63) is 34.3 Å². The van der Waals surface area contributed by atoms with Gasteiger partial charge < -0.3 is 14.9 Å². The predicted octanol–water partition coefficient (Wildman–Crippen LogP) is 1.88. The van der Waals surface area contributed by atoms with Crippen LogP contribution < -0.4 is 0 Å². The van der Waals surface area contributed by atoms with Gasteiger partial charge in [-0.3, -0.25) is 4.79 Å². The Bertz CT molecular complexity index is 453. The summed E-state index contributed by atoms with van der Waals surface area (Å²) in [5, 5.41) is 8.83. The molecule has 1 heterocycles. The number of hydrogen-bond donors (Lipinski definition) is 1. The maximum Gasteiger partial charge on any atom is 0.407 e. The molecule has 96 valence electrons. The summed E-state index contributed by atoms with van der Waals surface area (Å²) in [4.78, 5) is 25.9. The molecule has 0 aromatic heterocycles. The van der Waals surface area contributed by atoms with E-state index in [1.165, 1.54) is 4.90 Å². The summed E-state index contributed by atoms with van der Waals surface area (Å²) in [7, 11) is 0. The van der Waals surface area contributed by atoms with Crippen LogP contribution in [0.3, 0.4) is 0 Å². The van der Waals surface area contributed by atoms with E-state index in [4.69, 9.17) is 5.11 Å². The molecule has 1 saturated heterocycles. The van der Waals surface area contributed by atoms with Gasteiger partial charge in [-0.15, -0.1) is 0 Å². The molecule has 0 unspecified atom stereocenters. The first-order valence-corrected chi connectivity index (χ1v) is 6.40. The third-order valence-corrected chi connectivity index (χ3v) is 3.46. The van der Waals surface area contributed by atoms with Crippen LogP contribution in [0.15, 0.2) is 28.7 Å². The highest BCUT2D eigenvalue weighted by Crippen LogP contribution is 2.13. The van der Waals surface area contributed by atoms with Gasteiger partial charge in [-0.05, 0) is 24.3 Å². The smallest absolute Gasteiger partial charge is 0.407 e. The molecule has 0 spiro atoms. The summed E-state index contributed by atoms with van der Waals surface area (Å²) in [5.41, 5.74) is 0.627. The quantitative estimate of drug-likeness (QED) is 0.861. The van der Waals surface area contributed by atoms with Gasteiger partial charge in [0, 0.05) is 36.2 Å². The number of benzene rings is 1. The minimum Gasteiger partial charge on any atom is -0.465 e. The molecule has 2 rings (SSSR count). The lowest BCUT2D eigenvalue weighted by Gasteiger charge is -2.33. The Hall–Kier alpha value is -1.56. The molecule has 1 N–H and O–H groups in total. The highest BCUT2D eigenvalue weighted by atomic mass is 79.9. The summed E-state index contributed by atoms with van der Waals surface area (Å²) < 4.78 is 0.926. The van der Waals surface area contributed by atoms with Gasteiger partial charge in [0.15, 0.2) is 0 Å². The van der Waals surface area contributed by atoms with E-state index in [1.54, 1.807) is 17.0 Å². The Balaban J connectivity index is 1.99. The van der Waals surface area contributed by atoms with E-state index in [2.05, 4.69) is 15.9 Å². The number of rotatable bonds is 1. The highest BCUT2D eigenvalue weighted by molar-refractivity contribution is 9.10. The molecule has 0 aliphatic carbocycles. The number of carboxylic acid groups (broad SMARTS) is 1. The number of carbonyl (C=O) groups excluding carboxylic acids is 1. The molecule has 0 radical (unpaired) electrons. The van der Waals surface area contributed by atoms with Gasteiger partial charge >= 0.3 is 6.09 Å². The average molecular weight is 313 g/mol. The van der Waals surface area contributed by atoms with Crippen molar-refractivity contribution in [1.82, 2.24) is 9.80 Å². The van der Waals surface area contributed by atoms with Crippen molar-refractivity contribution in [3.8, 4) is 0 Å². The molecule has 6 heteroatoms. The number of piperazine rings is 1. The van der Waals surface area contributed by atoms with Crippen LogP contribution in [0.1, 0.15) is 10.4 Å². The van der Waals surface area contributed by atoms with Gasteiger partial charge in [-0.1, -0.05) is 15.9 Å². The molecule has 1 aromatic rings. The van der Waals surface area contributed by atoms with Crippen molar-refractivity contribution >= 4 is 27.9 Å². The van der Waals surface area contributed by atoms with Crippen molar-refractivity contribution in [2.45, 2.75) is 0 Å². The normalized spacial score (nSPS) is 15.6. The van der Waals surface area contributed by atoms with Crippen molar-refractivity contribution in [1.29, 1.82) is 0 Å². The Morgan fingerprint density at radius 1 is 1.00 bits per heavy atom. The van der Waals surface area contributed by atoms with Crippen LogP contribution in [-0.2, 0) is 0 Å². The van der Waals surface area contributed by atoms with Crippen LogP contribution in [0.5, 0.6) is 0 Å². The van der Waals surface area contributed by atoms with E-state index in [0.29, 0.717) is 31.7 Å². The van der Waals surface area contributed by atoms with Gasteiger partial charge in [0.1, 0.15) is 0 Å². The number of halogens is 1. The molecule has 1 aliphatic rings. The molecule has 1 aliphatic heterocycles. The van der Waals surface area contributed by atoms with E-state index in [9.17, 15) is 9.59 Å². The standard InChI is InChI=1S/C12H13BrN2O3/c13-10-3-1-9(2-4-10)11(16)14-5-7-15(8-6-14)12(17)18/h1-4H,5-8H2,(H,17,18). The molecule has 1 fully saturated rings. The highest BCUT2D eigenvalue weighted by Gasteiger charge is 2.24. The largest absolute Gasteiger partial charge is 0.465 e. The summed E-state index contributed by atoms with van der Waals surface area (Å²) >= 11 is 3.32. The van der Waals surface area contributed by atoms with E-state index >= 15 is 0 Å². The van der Waals surface area contributed by atoms with Gasteiger partial charge in [0.2, 0.25) is 0 Å². The summed E-state index contributed by atoms with van der Waals surface area (Å²) in [6, 6.07) is 7.16. The van der Waals surface area contributed by atoms with Crippen LogP contribution in [0.2, 0.25) is 0 Å². The zero-order valence-electron chi connectivity index (χ0n) is 9.67. The van der Waals surface area contributed by atoms with Crippen LogP contribution in [0, 0.1) is 0 Å². The Morgan fingerprint density at radius 2 is 1.50 bits per heavy atom. The fourth-order valence-electron chi connectivity index (χ4n) is 1.88. The number of amides is 2. The molecule has 1 aromatic carbocycles. The predicted molar refractivity (Wildman–Crippen MR) is 69.6 cm³/mol. The van der Waals surface area contributed by atoms with Crippen molar-refractivity contribution < 1.29 is 14.7 Å². The summed E-state index contributed by atoms with van der Waals surface area (Å²) in [6.07, 6.45) is -0.925. The number of carbonyl (C=O) groups is 2. The first-order chi connectivity index (χ1) is 8.58. The Morgan fingerprint density at radius 3 is 2.00 bits per heavy atom. The molecule has 0 bridgehead atoms. The van der Waals surface area contributed by atoms with E-state index in [-0.39, 0.29) is 5.91 Å². The lowest BCUT2D eigenvalue weighted by molar-refractivity contribution is 0.0625. The lowest BCUT2D eigenvalue weighted by Crippen LogP contribution is -2.50.